The summed E-state index contributed by atoms with van der Waals surface area (Å²) in [6.45, 7) is 3.40. The molecule has 2 N–H and O–H groups in total. The van der Waals surface area contributed by atoms with Crippen LogP contribution in [-0.4, -0.2) is 16.8 Å². The number of phenolic OH excluding ortho intramolecular Hbond substituents is 1. The number of ketones is 1. The number of aromatic hydroxyl groups is 1. The zero-order chi connectivity index (χ0) is 15.4. The molecular formula is C17H17NO3. The van der Waals surface area contributed by atoms with E-state index >= 15 is 0 Å². The Bertz CT molecular complexity index is 662. The van der Waals surface area contributed by atoms with Crippen LogP contribution in [0.25, 0.3) is 0 Å². The first-order chi connectivity index (χ1) is 9.99. The lowest BCUT2D eigenvalue weighted by Crippen LogP contribution is -2.12. The van der Waals surface area contributed by atoms with Crippen molar-refractivity contribution >= 4 is 17.4 Å². The number of anilines is 1. The highest BCUT2D eigenvalue weighted by Crippen LogP contribution is 2.21. The highest BCUT2D eigenvalue weighted by Gasteiger charge is 2.12. The van der Waals surface area contributed by atoms with Crippen LogP contribution in [0.1, 0.15) is 35.7 Å². The van der Waals surface area contributed by atoms with Crippen molar-refractivity contribution in [1.29, 1.82) is 0 Å². The van der Waals surface area contributed by atoms with Crippen LogP contribution in [0.3, 0.4) is 0 Å². The Labute approximate surface area is 123 Å². The molecular weight excluding hydrogens is 266 g/mol. The van der Waals surface area contributed by atoms with E-state index < -0.39 is 0 Å². The number of para-hydroxylation sites is 1. The molecule has 0 aliphatic carbocycles. The average Bonchev–Trinajstić information content (AvgIpc) is 2.47. The third-order valence-corrected chi connectivity index (χ3v) is 3.43. The Morgan fingerprint density at radius 2 is 1.67 bits per heavy atom. The third kappa shape index (κ3) is 3.48. The van der Waals surface area contributed by atoms with Crippen molar-refractivity contribution in [3.05, 3.63) is 59.7 Å². The number of benzene rings is 2. The van der Waals surface area contributed by atoms with E-state index in [2.05, 4.69) is 5.32 Å². The van der Waals surface area contributed by atoms with Crippen LogP contribution in [0, 0.1) is 0 Å². The van der Waals surface area contributed by atoms with Gasteiger partial charge in [-0.15, -0.1) is 0 Å². The van der Waals surface area contributed by atoms with E-state index in [-0.39, 0.29) is 28.9 Å². The Hall–Kier alpha value is -2.62. The highest BCUT2D eigenvalue weighted by atomic mass is 16.3. The smallest absolute Gasteiger partial charge is 0.259 e. The minimum atomic E-state index is -0.375. The number of carbonyl (C=O) groups is 2. The molecule has 1 atom stereocenters. The summed E-state index contributed by atoms with van der Waals surface area (Å²) >= 11 is 0. The van der Waals surface area contributed by atoms with Gasteiger partial charge in [0.15, 0.2) is 0 Å². The van der Waals surface area contributed by atoms with Crippen LogP contribution in [0.5, 0.6) is 5.75 Å². The summed E-state index contributed by atoms with van der Waals surface area (Å²) in [6, 6.07) is 13.5. The van der Waals surface area contributed by atoms with E-state index in [4.69, 9.17) is 0 Å². The summed E-state index contributed by atoms with van der Waals surface area (Å²) in [5, 5.41) is 12.3. The third-order valence-electron chi connectivity index (χ3n) is 3.43. The maximum atomic E-state index is 12.0. The SMILES string of the molecule is CC(=O)C(C)c1ccc(NC(=O)c2ccccc2O)cc1. The molecule has 0 heterocycles. The minimum Gasteiger partial charge on any atom is -0.507 e. The zero-order valence-electron chi connectivity index (χ0n) is 12.0. The first-order valence-electron chi connectivity index (χ1n) is 6.69. The van der Waals surface area contributed by atoms with E-state index in [1.165, 1.54) is 6.07 Å². The molecule has 21 heavy (non-hydrogen) atoms. The lowest BCUT2D eigenvalue weighted by Gasteiger charge is -2.10. The molecule has 2 rings (SSSR count). The van der Waals surface area contributed by atoms with Gasteiger partial charge in [-0.05, 0) is 36.8 Å². The zero-order valence-corrected chi connectivity index (χ0v) is 12.0. The Morgan fingerprint density at radius 1 is 1.05 bits per heavy atom. The van der Waals surface area contributed by atoms with Crippen molar-refractivity contribution < 1.29 is 14.7 Å². The predicted molar refractivity (Wildman–Crippen MR) is 81.6 cm³/mol. The number of rotatable bonds is 4. The van der Waals surface area contributed by atoms with Crippen LogP contribution in [0.4, 0.5) is 5.69 Å². The van der Waals surface area contributed by atoms with Crippen LogP contribution in [-0.2, 0) is 4.79 Å². The van der Waals surface area contributed by atoms with Gasteiger partial charge in [-0.2, -0.15) is 0 Å². The second kappa shape index (κ2) is 6.22. The molecule has 1 unspecified atom stereocenters. The summed E-state index contributed by atoms with van der Waals surface area (Å²) in [5.41, 5.74) is 1.74. The van der Waals surface area contributed by atoms with Gasteiger partial charge < -0.3 is 10.4 Å². The van der Waals surface area contributed by atoms with Crippen molar-refractivity contribution in [2.45, 2.75) is 19.8 Å². The fraction of sp³-hybridized carbons (Fsp3) is 0.176. The van der Waals surface area contributed by atoms with E-state index in [1.54, 1.807) is 37.3 Å². The second-order valence-electron chi connectivity index (χ2n) is 4.93. The predicted octanol–water partition coefficient (Wildman–Crippen LogP) is 3.34. The number of hydrogen-bond acceptors (Lipinski definition) is 3. The lowest BCUT2D eigenvalue weighted by atomic mass is 9.97. The second-order valence-corrected chi connectivity index (χ2v) is 4.93. The van der Waals surface area contributed by atoms with Gasteiger partial charge >= 0.3 is 0 Å². The summed E-state index contributed by atoms with van der Waals surface area (Å²) in [6.07, 6.45) is 0. The normalized spacial score (nSPS) is 11.7. The first kappa shape index (κ1) is 14.8. The molecule has 0 aromatic heterocycles. The standard InChI is InChI=1S/C17H17NO3/c1-11(12(2)19)13-7-9-14(10-8-13)18-17(21)15-5-3-4-6-16(15)20/h3-11,20H,1-2H3,(H,18,21). The number of hydrogen-bond donors (Lipinski definition) is 2. The molecule has 2 aromatic carbocycles. The van der Waals surface area contributed by atoms with Crippen LogP contribution in [0.15, 0.2) is 48.5 Å². The maximum Gasteiger partial charge on any atom is 0.259 e. The van der Waals surface area contributed by atoms with E-state index in [0.29, 0.717) is 5.69 Å². The van der Waals surface area contributed by atoms with Gasteiger partial charge in [0, 0.05) is 11.6 Å². The average molecular weight is 283 g/mol. The summed E-state index contributed by atoms with van der Waals surface area (Å²) in [4.78, 5) is 23.4. The van der Waals surface area contributed by atoms with Crippen molar-refractivity contribution in [1.82, 2.24) is 0 Å². The number of nitrogens with one attached hydrogen (secondary N) is 1. The van der Waals surface area contributed by atoms with Gasteiger partial charge in [-0.3, -0.25) is 9.59 Å². The van der Waals surface area contributed by atoms with E-state index in [9.17, 15) is 14.7 Å². The fourth-order valence-corrected chi connectivity index (χ4v) is 1.95. The monoisotopic (exact) mass is 283 g/mol. The van der Waals surface area contributed by atoms with E-state index in [0.717, 1.165) is 5.56 Å². The quantitative estimate of drug-likeness (QED) is 0.904. The number of Topliss-reactive ketones (excluding diaryl/α,β-unsaturated/α-hetero) is 1. The topological polar surface area (TPSA) is 66.4 Å². The van der Waals surface area contributed by atoms with Gasteiger partial charge in [0.1, 0.15) is 11.5 Å². The summed E-state index contributed by atoms with van der Waals surface area (Å²) in [7, 11) is 0. The number of carbonyl (C=O) groups excluding carboxylic acids is 2. The largest absolute Gasteiger partial charge is 0.507 e. The van der Waals surface area contributed by atoms with Crippen molar-refractivity contribution in [2.24, 2.45) is 0 Å². The van der Waals surface area contributed by atoms with Gasteiger partial charge in [0.2, 0.25) is 0 Å². The molecule has 0 radical (unpaired) electrons. The molecule has 0 fully saturated rings. The van der Waals surface area contributed by atoms with Crippen molar-refractivity contribution in [2.75, 3.05) is 5.32 Å². The lowest BCUT2D eigenvalue weighted by molar-refractivity contribution is -0.118. The number of phenols is 1. The minimum absolute atomic E-state index is 0.0585. The van der Waals surface area contributed by atoms with Gasteiger partial charge in [-0.1, -0.05) is 31.2 Å². The number of amides is 1. The fourth-order valence-electron chi connectivity index (χ4n) is 1.95. The summed E-state index contributed by atoms with van der Waals surface area (Å²) < 4.78 is 0. The summed E-state index contributed by atoms with van der Waals surface area (Å²) in [5.74, 6) is -0.494. The molecule has 0 saturated carbocycles. The van der Waals surface area contributed by atoms with Crippen molar-refractivity contribution in [3.63, 3.8) is 0 Å². The molecule has 1 amide bonds. The molecule has 0 aliphatic rings. The van der Waals surface area contributed by atoms with Gasteiger partial charge in [0.05, 0.1) is 5.56 Å². The van der Waals surface area contributed by atoms with Crippen LogP contribution >= 0.6 is 0 Å². The first-order valence-corrected chi connectivity index (χ1v) is 6.69. The van der Waals surface area contributed by atoms with E-state index in [1.807, 2.05) is 19.1 Å². The van der Waals surface area contributed by atoms with Crippen molar-refractivity contribution in [3.8, 4) is 5.75 Å². The van der Waals surface area contributed by atoms with Crippen LogP contribution in [0.2, 0.25) is 0 Å². The molecule has 2 aromatic rings. The van der Waals surface area contributed by atoms with Gasteiger partial charge in [-0.25, -0.2) is 0 Å². The molecule has 108 valence electrons. The Morgan fingerprint density at radius 3 is 2.24 bits per heavy atom. The Kier molecular flexibility index (Phi) is 4.38. The molecule has 0 spiro atoms. The molecule has 0 saturated heterocycles. The Balaban J connectivity index is 2.12. The maximum absolute atomic E-state index is 12.0. The molecule has 4 heteroatoms. The highest BCUT2D eigenvalue weighted by molar-refractivity contribution is 6.06. The molecule has 4 nitrogen and oxygen atoms in total. The van der Waals surface area contributed by atoms with Gasteiger partial charge in [0.25, 0.3) is 5.91 Å². The molecule has 0 aliphatic heterocycles. The molecule has 0 bridgehead atoms. The van der Waals surface area contributed by atoms with Crippen LogP contribution < -0.4 is 5.32 Å².